The number of amides is 1. The lowest BCUT2D eigenvalue weighted by Crippen LogP contribution is -2.34. The normalized spacial score (nSPS) is 11.4. The van der Waals surface area contributed by atoms with Gasteiger partial charge in [-0.1, -0.05) is 45.7 Å². The molecule has 1 aromatic carbocycles. The fourth-order valence-corrected chi connectivity index (χ4v) is 2.86. The zero-order valence-corrected chi connectivity index (χ0v) is 13.6. The number of carbonyl (C=O) groups is 1. The van der Waals surface area contributed by atoms with Gasteiger partial charge in [-0.3, -0.25) is 4.79 Å². The molecule has 0 aliphatic rings. The molecule has 0 saturated carbocycles. The van der Waals surface area contributed by atoms with Crippen LogP contribution in [0.25, 0.3) is 0 Å². The van der Waals surface area contributed by atoms with Crippen molar-refractivity contribution in [2.24, 2.45) is 5.41 Å². The van der Waals surface area contributed by atoms with Crippen molar-refractivity contribution in [2.45, 2.75) is 20.3 Å². The van der Waals surface area contributed by atoms with Gasteiger partial charge in [0.1, 0.15) is 5.82 Å². The molecule has 0 spiro atoms. The second kappa shape index (κ2) is 6.66. The maximum Gasteiger partial charge on any atom is 0.254 e. The van der Waals surface area contributed by atoms with Gasteiger partial charge < -0.3 is 5.32 Å². The maximum absolute atomic E-state index is 13.5. The molecular weight excluding hydrogens is 365 g/mol. The van der Waals surface area contributed by atoms with Crippen molar-refractivity contribution in [1.29, 1.82) is 0 Å². The Morgan fingerprint density at radius 2 is 2.11 bits per heavy atom. The van der Waals surface area contributed by atoms with E-state index >= 15 is 0 Å². The summed E-state index contributed by atoms with van der Waals surface area (Å²) in [5, 5.41) is 3.65. The van der Waals surface area contributed by atoms with Gasteiger partial charge in [0.2, 0.25) is 0 Å². The second-order valence-corrected chi connectivity index (χ2v) is 6.62. The van der Waals surface area contributed by atoms with Crippen molar-refractivity contribution >= 4 is 37.8 Å². The van der Waals surface area contributed by atoms with Crippen LogP contribution >= 0.6 is 31.9 Å². The van der Waals surface area contributed by atoms with Crippen molar-refractivity contribution in [3.05, 3.63) is 34.1 Å². The number of hydrogen-bond donors (Lipinski definition) is 1. The Morgan fingerprint density at radius 3 is 2.72 bits per heavy atom. The Kier molecular flexibility index (Phi) is 5.79. The van der Waals surface area contributed by atoms with Crippen LogP contribution < -0.4 is 5.32 Å². The molecule has 0 bridgehead atoms. The molecule has 0 aliphatic heterocycles. The summed E-state index contributed by atoms with van der Waals surface area (Å²) in [4.78, 5) is 11.9. The third-order valence-electron chi connectivity index (χ3n) is 2.67. The molecule has 5 heteroatoms. The van der Waals surface area contributed by atoms with Gasteiger partial charge in [-0.15, -0.1) is 0 Å². The van der Waals surface area contributed by atoms with Crippen LogP contribution in [0.2, 0.25) is 0 Å². The van der Waals surface area contributed by atoms with E-state index in [2.05, 4.69) is 51.0 Å². The zero-order chi connectivity index (χ0) is 13.8. The van der Waals surface area contributed by atoms with Crippen LogP contribution in [0.4, 0.5) is 4.39 Å². The molecule has 1 amide bonds. The number of benzene rings is 1. The number of nitrogens with one attached hydrogen (secondary N) is 1. The van der Waals surface area contributed by atoms with Crippen LogP contribution in [0.5, 0.6) is 0 Å². The highest BCUT2D eigenvalue weighted by Gasteiger charge is 2.19. The Balaban J connectivity index is 2.69. The SMILES string of the molecule is CC(C)(CCBr)CNC(=O)c1cc(Br)ccc1F. The molecule has 2 nitrogen and oxygen atoms in total. The number of carbonyl (C=O) groups excluding carboxylic acids is 1. The Labute approximate surface area is 124 Å². The summed E-state index contributed by atoms with van der Waals surface area (Å²) < 4.78 is 14.2. The highest BCUT2D eigenvalue weighted by atomic mass is 79.9. The molecule has 0 radical (unpaired) electrons. The first-order chi connectivity index (χ1) is 8.35. The Morgan fingerprint density at radius 1 is 1.44 bits per heavy atom. The summed E-state index contributed by atoms with van der Waals surface area (Å²) in [7, 11) is 0. The summed E-state index contributed by atoms with van der Waals surface area (Å²) in [5.41, 5.74) is 0.0563. The molecule has 1 rings (SSSR count). The van der Waals surface area contributed by atoms with Gasteiger partial charge >= 0.3 is 0 Å². The molecule has 0 saturated heterocycles. The first-order valence-corrected chi connectivity index (χ1v) is 7.56. The summed E-state index contributed by atoms with van der Waals surface area (Å²) in [6.45, 7) is 4.64. The summed E-state index contributed by atoms with van der Waals surface area (Å²) in [6.07, 6.45) is 0.939. The van der Waals surface area contributed by atoms with Crippen LogP contribution in [0.15, 0.2) is 22.7 Å². The summed E-state index contributed by atoms with van der Waals surface area (Å²) in [5.74, 6) is -0.884. The third-order valence-corrected chi connectivity index (χ3v) is 3.56. The van der Waals surface area contributed by atoms with Crippen LogP contribution in [0, 0.1) is 11.2 Å². The molecule has 0 aliphatic carbocycles. The quantitative estimate of drug-likeness (QED) is 0.764. The minimum Gasteiger partial charge on any atom is -0.351 e. The Hall–Kier alpha value is -0.420. The monoisotopic (exact) mass is 379 g/mol. The minimum atomic E-state index is -0.506. The lowest BCUT2D eigenvalue weighted by molar-refractivity contribution is 0.0932. The molecule has 0 heterocycles. The number of hydrogen-bond acceptors (Lipinski definition) is 1. The van der Waals surface area contributed by atoms with E-state index in [-0.39, 0.29) is 16.9 Å². The van der Waals surface area contributed by atoms with E-state index < -0.39 is 5.82 Å². The van der Waals surface area contributed by atoms with E-state index in [0.717, 1.165) is 11.8 Å². The lowest BCUT2D eigenvalue weighted by Gasteiger charge is -2.23. The van der Waals surface area contributed by atoms with E-state index in [9.17, 15) is 9.18 Å². The molecule has 0 fully saturated rings. The number of rotatable bonds is 5. The van der Waals surface area contributed by atoms with E-state index in [4.69, 9.17) is 0 Å². The average Bonchev–Trinajstić information content (AvgIpc) is 2.29. The molecule has 18 heavy (non-hydrogen) atoms. The van der Waals surface area contributed by atoms with Crippen molar-refractivity contribution in [2.75, 3.05) is 11.9 Å². The standard InChI is InChI=1S/C13H16Br2FNO/c1-13(2,5-6-14)8-17-12(18)10-7-9(15)3-4-11(10)16/h3-4,7H,5-6,8H2,1-2H3,(H,17,18). The van der Waals surface area contributed by atoms with Gasteiger partial charge in [0.25, 0.3) is 5.91 Å². The highest BCUT2D eigenvalue weighted by Crippen LogP contribution is 2.21. The van der Waals surface area contributed by atoms with E-state index in [1.165, 1.54) is 12.1 Å². The number of halogens is 3. The fourth-order valence-electron chi connectivity index (χ4n) is 1.43. The van der Waals surface area contributed by atoms with Crippen LogP contribution in [-0.2, 0) is 0 Å². The number of alkyl halides is 1. The fraction of sp³-hybridized carbons (Fsp3) is 0.462. The molecule has 0 aromatic heterocycles. The third kappa shape index (κ3) is 4.69. The molecule has 1 aromatic rings. The van der Waals surface area contributed by atoms with E-state index in [1.807, 2.05) is 0 Å². The molecule has 0 unspecified atom stereocenters. The molecule has 1 N–H and O–H groups in total. The van der Waals surface area contributed by atoms with Crippen LogP contribution in [0.3, 0.4) is 0 Å². The summed E-state index contributed by atoms with van der Waals surface area (Å²) in [6, 6.07) is 4.34. The first kappa shape index (κ1) is 15.6. The molecule has 0 atom stereocenters. The van der Waals surface area contributed by atoms with Crippen molar-refractivity contribution in [3.63, 3.8) is 0 Å². The predicted molar refractivity (Wildman–Crippen MR) is 78.6 cm³/mol. The van der Waals surface area contributed by atoms with Gasteiger partial charge in [0.05, 0.1) is 5.56 Å². The maximum atomic E-state index is 13.5. The van der Waals surface area contributed by atoms with Crippen molar-refractivity contribution in [1.82, 2.24) is 5.32 Å². The van der Waals surface area contributed by atoms with Gasteiger partial charge in [-0.05, 0) is 30.0 Å². The molecule has 100 valence electrons. The minimum absolute atomic E-state index is 0.0123. The van der Waals surface area contributed by atoms with Crippen LogP contribution in [0.1, 0.15) is 30.6 Å². The van der Waals surface area contributed by atoms with Crippen LogP contribution in [-0.4, -0.2) is 17.8 Å². The smallest absolute Gasteiger partial charge is 0.254 e. The lowest BCUT2D eigenvalue weighted by atomic mass is 9.90. The van der Waals surface area contributed by atoms with Crippen molar-refractivity contribution in [3.8, 4) is 0 Å². The average molecular weight is 381 g/mol. The van der Waals surface area contributed by atoms with E-state index in [1.54, 1.807) is 6.07 Å². The first-order valence-electron chi connectivity index (χ1n) is 5.65. The van der Waals surface area contributed by atoms with Gasteiger partial charge in [0, 0.05) is 16.3 Å². The zero-order valence-electron chi connectivity index (χ0n) is 10.4. The van der Waals surface area contributed by atoms with Gasteiger partial charge in [0.15, 0.2) is 0 Å². The predicted octanol–water partition coefficient (Wildman–Crippen LogP) is 4.13. The Bertz CT molecular complexity index is 435. The molecular formula is C13H16Br2FNO. The van der Waals surface area contributed by atoms with Crippen molar-refractivity contribution < 1.29 is 9.18 Å². The van der Waals surface area contributed by atoms with Gasteiger partial charge in [-0.25, -0.2) is 4.39 Å². The summed E-state index contributed by atoms with van der Waals surface area (Å²) >= 11 is 6.61. The van der Waals surface area contributed by atoms with Gasteiger partial charge in [-0.2, -0.15) is 0 Å². The largest absolute Gasteiger partial charge is 0.351 e. The topological polar surface area (TPSA) is 29.1 Å². The second-order valence-electron chi connectivity index (χ2n) is 4.91. The highest BCUT2D eigenvalue weighted by molar-refractivity contribution is 9.10. The van der Waals surface area contributed by atoms with E-state index in [0.29, 0.717) is 11.0 Å².